The molecule has 0 saturated carbocycles. The number of benzene rings is 1. The summed E-state index contributed by atoms with van der Waals surface area (Å²) >= 11 is 0. The van der Waals surface area contributed by atoms with Gasteiger partial charge in [-0.05, 0) is 19.9 Å². The van der Waals surface area contributed by atoms with Gasteiger partial charge in [0.1, 0.15) is 0 Å². The molecule has 4 nitrogen and oxygen atoms in total. The summed E-state index contributed by atoms with van der Waals surface area (Å²) < 4.78 is 24.2. The van der Waals surface area contributed by atoms with Gasteiger partial charge in [0.2, 0.25) is 0 Å². The van der Waals surface area contributed by atoms with E-state index in [1.54, 1.807) is 19.1 Å². The molecule has 1 N–H and O–H groups in total. The first-order valence-electron chi connectivity index (χ1n) is 6.68. The van der Waals surface area contributed by atoms with Crippen LogP contribution in [-0.4, -0.2) is 25.7 Å². The number of nitrogens with one attached hydrogen (secondary N) is 1. The molecule has 1 aromatic carbocycles. The van der Waals surface area contributed by atoms with Crippen LogP contribution in [0.2, 0.25) is 0 Å². The Labute approximate surface area is 122 Å². The maximum Gasteiger partial charge on any atom is 0.287 e. The number of amides is 1. The van der Waals surface area contributed by atoms with Gasteiger partial charge in [-0.25, -0.2) is 4.39 Å². The minimum atomic E-state index is -0.473. The lowest BCUT2D eigenvalue weighted by molar-refractivity contribution is 0.0900. The van der Waals surface area contributed by atoms with Gasteiger partial charge in [0.25, 0.3) is 5.91 Å². The molecule has 0 atom stereocenters. The number of fused-ring (bicyclic) bond motifs is 1. The van der Waals surface area contributed by atoms with E-state index in [4.69, 9.17) is 9.15 Å². The Bertz CT molecular complexity index is 675. The molecule has 0 aliphatic rings. The van der Waals surface area contributed by atoms with Crippen LogP contribution in [0.25, 0.3) is 11.0 Å². The summed E-state index contributed by atoms with van der Waals surface area (Å²) in [6.45, 7) is 8.51. The van der Waals surface area contributed by atoms with Crippen LogP contribution in [0.15, 0.2) is 34.8 Å². The molecule has 0 aliphatic carbocycles. The third kappa shape index (κ3) is 3.49. The third-order valence-corrected chi connectivity index (χ3v) is 3.00. The van der Waals surface area contributed by atoms with E-state index in [2.05, 4.69) is 11.9 Å². The third-order valence-electron chi connectivity index (χ3n) is 3.00. The molecule has 1 amide bonds. The highest BCUT2D eigenvalue weighted by Gasteiger charge is 2.18. The van der Waals surface area contributed by atoms with Crippen molar-refractivity contribution in [2.24, 2.45) is 0 Å². The second-order valence-electron chi connectivity index (χ2n) is 4.94. The normalized spacial score (nSPS) is 10.8. The van der Waals surface area contributed by atoms with Crippen molar-refractivity contribution in [3.63, 3.8) is 0 Å². The fraction of sp³-hybridized carbons (Fsp3) is 0.312. The van der Waals surface area contributed by atoms with Crippen molar-refractivity contribution in [2.45, 2.75) is 13.8 Å². The highest BCUT2D eigenvalue weighted by atomic mass is 19.1. The van der Waals surface area contributed by atoms with E-state index >= 15 is 0 Å². The largest absolute Gasteiger partial charge is 0.448 e. The summed E-state index contributed by atoms with van der Waals surface area (Å²) in [6.07, 6.45) is 0. The molecular formula is C16H18FNO3. The van der Waals surface area contributed by atoms with E-state index in [9.17, 15) is 9.18 Å². The van der Waals surface area contributed by atoms with Gasteiger partial charge < -0.3 is 14.5 Å². The molecular weight excluding hydrogens is 273 g/mol. The first-order valence-corrected chi connectivity index (χ1v) is 6.68. The first-order chi connectivity index (χ1) is 10.0. The Morgan fingerprint density at radius 1 is 1.48 bits per heavy atom. The van der Waals surface area contributed by atoms with Crippen molar-refractivity contribution in [1.29, 1.82) is 0 Å². The SMILES string of the molecule is C=C(C)COCCNC(=O)c1oc2c(F)cccc2c1C. The van der Waals surface area contributed by atoms with Crippen LogP contribution in [0.5, 0.6) is 0 Å². The zero-order valence-electron chi connectivity index (χ0n) is 12.2. The lowest BCUT2D eigenvalue weighted by atomic mass is 10.1. The van der Waals surface area contributed by atoms with Crippen LogP contribution in [-0.2, 0) is 4.74 Å². The molecule has 0 spiro atoms. The molecule has 21 heavy (non-hydrogen) atoms. The number of hydrogen-bond acceptors (Lipinski definition) is 3. The highest BCUT2D eigenvalue weighted by Crippen LogP contribution is 2.27. The number of carbonyl (C=O) groups excluding carboxylic acids is 1. The number of rotatable bonds is 6. The maximum absolute atomic E-state index is 13.6. The van der Waals surface area contributed by atoms with E-state index in [0.717, 1.165) is 5.57 Å². The fourth-order valence-electron chi connectivity index (χ4n) is 1.99. The molecule has 0 unspecified atom stereocenters. The Hall–Kier alpha value is -2.14. The van der Waals surface area contributed by atoms with E-state index in [0.29, 0.717) is 30.7 Å². The van der Waals surface area contributed by atoms with Gasteiger partial charge >= 0.3 is 0 Å². The Morgan fingerprint density at radius 3 is 2.90 bits per heavy atom. The van der Waals surface area contributed by atoms with E-state index in [-0.39, 0.29) is 17.3 Å². The van der Waals surface area contributed by atoms with Gasteiger partial charge in [-0.1, -0.05) is 24.3 Å². The molecule has 0 bridgehead atoms. The van der Waals surface area contributed by atoms with Gasteiger partial charge in [0.05, 0.1) is 13.2 Å². The highest BCUT2D eigenvalue weighted by molar-refractivity contribution is 5.98. The zero-order valence-corrected chi connectivity index (χ0v) is 12.2. The van der Waals surface area contributed by atoms with E-state index in [1.165, 1.54) is 6.07 Å². The van der Waals surface area contributed by atoms with Crippen LogP contribution in [0.1, 0.15) is 23.0 Å². The summed E-state index contributed by atoms with van der Waals surface area (Å²) in [6, 6.07) is 4.62. The van der Waals surface area contributed by atoms with Crippen molar-refractivity contribution in [1.82, 2.24) is 5.32 Å². The van der Waals surface area contributed by atoms with Crippen molar-refractivity contribution in [3.05, 3.63) is 47.5 Å². The smallest absolute Gasteiger partial charge is 0.287 e. The van der Waals surface area contributed by atoms with Gasteiger partial charge in [-0.3, -0.25) is 4.79 Å². The quantitative estimate of drug-likeness (QED) is 0.657. The second kappa shape index (κ2) is 6.54. The number of para-hydroxylation sites is 1. The minimum absolute atomic E-state index is 0.110. The lowest BCUT2D eigenvalue weighted by Gasteiger charge is -2.05. The number of furan rings is 1. The van der Waals surface area contributed by atoms with Crippen molar-refractivity contribution >= 4 is 16.9 Å². The Balaban J connectivity index is 2.01. The minimum Gasteiger partial charge on any atom is -0.448 e. The van der Waals surface area contributed by atoms with Gasteiger partial charge in [0.15, 0.2) is 17.2 Å². The van der Waals surface area contributed by atoms with Crippen LogP contribution >= 0.6 is 0 Å². The molecule has 0 aliphatic heterocycles. The summed E-state index contributed by atoms with van der Waals surface area (Å²) in [5.41, 5.74) is 1.66. The van der Waals surface area contributed by atoms with Gasteiger partial charge in [-0.2, -0.15) is 0 Å². The second-order valence-corrected chi connectivity index (χ2v) is 4.94. The number of carbonyl (C=O) groups is 1. The molecule has 112 valence electrons. The van der Waals surface area contributed by atoms with Crippen LogP contribution in [0.4, 0.5) is 4.39 Å². The van der Waals surface area contributed by atoms with Crippen LogP contribution < -0.4 is 5.32 Å². The molecule has 0 fully saturated rings. The molecule has 1 heterocycles. The molecule has 2 rings (SSSR count). The lowest BCUT2D eigenvalue weighted by Crippen LogP contribution is -2.27. The first kappa shape index (κ1) is 15.3. The van der Waals surface area contributed by atoms with Gasteiger partial charge in [0, 0.05) is 17.5 Å². The maximum atomic E-state index is 13.6. The summed E-state index contributed by atoms with van der Waals surface area (Å²) in [5.74, 6) is -0.712. The molecule has 2 aromatic rings. The molecule has 0 radical (unpaired) electrons. The van der Waals surface area contributed by atoms with Crippen molar-refractivity contribution in [2.75, 3.05) is 19.8 Å². The number of hydrogen-bond donors (Lipinski definition) is 1. The van der Waals surface area contributed by atoms with Crippen LogP contribution in [0.3, 0.4) is 0 Å². The van der Waals surface area contributed by atoms with Gasteiger partial charge in [-0.15, -0.1) is 0 Å². The Kier molecular flexibility index (Phi) is 4.75. The zero-order chi connectivity index (χ0) is 15.4. The monoisotopic (exact) mass is 291 g/mol. The average Bonchev–Trinajstić information content (AvgIpc) is 2.77. The molecule has 5 heteroatoms. The average molecular weight is 291 g/mol. The summed E-state index contributed by atoms with van der Waals surface area (Å²) in [7, 11) is 0. The van der Waals surface area contributed by atoms with E-state index in [1.807, 2.05) is 6.92 Å². The van der Waals surface area contributed by atoms with Crippen LogP contribution in [0, 0.1) is 12.7 Å². The van der Waals surface area contributed by atoms with E-state index < -0.39 is 5.82 Å². The number of ether oxygens (including phenoxy) is 1. The molecule has 1 aromatic heterocycles. The number of halogens is 1. The fourth-order valence-corrected chi connectivity index (χ4v) is 1.99. The molecule has 0 saturated heterocycles. The standard InChI is InChI=1S/C16H18FNO3/c1-10(2)9-20-8-7-18-16(19)14-11(3)12-5-4-6-13(17)15(12)21-14/h4-6H,1,7-9H2,2-3H3,(H,18,19). The number of aryl methyl sites for hydroxylation is 1. The van der Waals surface area contributed by atoms with Crippen molar-refractivity contribution < 1.29 is 18.3 Å². The summed E-state index contributed by atoms with van der Waals surface area (Å²) in [5, 5.41) is 3.29. The predicted octanol–water partition coefficient (Wildman–Crippen LogP) is 3.20. The topological polar surface area (TPSA) is 51.5 Å². The predicted molar refractivity (Wildman–Crippen MR) is 78.9 cm³/mol. The summed E-state index contributed by atoms with van der Waals surface area (Å²) in [4.78, 5) is 12.0. The Morgan fingerprint density at radius 2 is 2.24 bits per heavy atom. The van der Waals surface area contributed by atoms with Crippen molar-refractivity contribution in [3.8, 4) is 0 Å².